The van der Waals surface area contributed by atoms with E-state index in [0.717, 1.165) is 17.0 Å². The number of halogens is 1. The zero-order valence-electron chi connectivity index (χ0n) is 15.3. The zero-order chi connectivity index (χ0) is 20.5. The molecule has 1 N–H and O–H groups in total. The molecule has 2 unspecified atom stereocenters. The minimum atomic E-state index is -1.03. The molecule has 148 valence electrons. The van der Waals surface area contributed by atoms with Gasteiger partial charge in [-0.3, -0.25) is 19.4 Å². The van der Waals surface area contributed by atoms with Crippen molar-refractivity contribution >= 4 is 29.1 Å². The quantitative estimate of drug-likeness (QED) is 0.775. The smallest absolute Gasteiger partial charge is 0.263 e. The van der Waals surface area contributed by atoms with Gasteiger partial charge in [-0.25, -0.2) is 9.29 Å². The topological polar surface area (TPSA) is 104 Å². The summed E-state index contributed by atoms with van der Waals surface area (Å²) < 4.78 is 18.3. The van der Waals surface area contributed by atoms with E-state index in [-0.39, 0.29) is 12.2 Å². The molecule has 0 bridgehead atoms. The Morgan fingerprint density at radius 3 is 2.66 bits per heavy atom. The van der Waals surface area contributed by atoms with Crippen LogP contribution < -0.4 is 15.0 Å². The Morgan fingerprint density at radius 1 is 1.17 bits per heavy atom. The number of fused-ring (bicyclic) bond motifs is 1. The highest BCUT2D eigenvalue weighted by molar-refractivity contribution is 6.25. The van der Waals surface area contributed by atoms with Crippen LogP contribution in [0.1, 0.15) is 0 Å². The predicted molar refractivity (Wildman–Crippen MR) is 99.7 cm³/mol. The Labute approximate surface area is 164 Å². The van der Waals surface area contributed by atoms with Crippen molar-refractivity contribution in [3.05, 3.63) is 54.3 Å². The first kappa shape index (κ1) is 18.5. The molecule has 2 aromatic carbocycles. The van der Waals surface area contributed by atoms with E-state index in [9.17, 15) is 18.8 Å². The second-order valence-corrected chi connectivity index (χ2v) is 6.46. The first-order chi connectivity index (χ1) is 14.0. The van der Waals surface area contributed by atoms with Gasteiger partial charge >= 0.3 is 0 Å². The van der Waals surface area contributed by atoms with Crippen LogP contribution in [0.3, 0.4) is 0 Å². The molecule has 10 heteroatoms. The molecule has 3 amide bonds. The van der Waals surface area contributed by atoms with Crippen LogP contribution >= 0.6 is 0 Å². The van der Waals surface area contributed by atoms with Gasteiger partial charge in [0.2, 0.25) is 5.91 Å². The molecular weight excluding hydrogens is 381 g/mol. The Balaban J connectivity index is 1.47. The Morgan fingerprint density at radius 2 is 1.93 bits per heavy atom. The highest BCUT2D eigenvalue weighted by Gasteiger charge is 2.55. The molecule has 1 saturated heterocycles. The summed E-state index contributed by atoms with van der Waals surface area (Å²) in [7, 11) is 1.52. The van der Waals surface area contributed by atoms with Crippen molar-refractivity contribution in [2.45, 2.75) is 12.1 Å². The fourth-order valence-corrected chi connectivity index (χ4v) is 3.25. The van der Waals surface area contributed by atoms with Crippen molar-refractivity contribution in [3.8, 4) is 5.75 Å². The minimum Gasteiger partial charge on any atom is -0.497 e. The van der Waals surface area contributed by atoms with Crippen LogP contribution in [0.25, 0.3) is 0 Å². The lowest BCUT2D eigenvalue weighted by Crippen LogP contribution is -2.43. The average Bonchev–Trinajstić information content (AvgIpc) is 3.23. The molecule has 2 aliphatic heterocycles. The summed E-state index contributed by atoms with van der Waals surface area (Å²) in [6.45, 7) is -0.266. The van der Waals surface area contributed by atoms with Gasteiger partial charge in [0.05, 0.1) is 12.8 Å². The Bertz CT molecular complexity index is 1010. The maximum absolute atomic E-state index is 13.1. The fraction of sp³-hybridized carbons (Fsp3) is 0.211. The fourth-order valence-electron chi connectivity index (χ4n) is 3.25. The van der Waals surface area contributed by atoms with Crippen molar-refractivity contribution in [3.63, 3.8) is 0 Å². The highest BCUT2D eigenvalue weighted by Crippen LogP contribution is 2.31. The SMILES string of the molecule is COc1cccc(NC(=O)CN2N=NC3C(=O)N(c4ccc(F)cc4)C(=O)C32)c1. The molecule has 2 aromatic rings. The van der Waals surface area contributed by atoms with E-state index in [2.05, 4.69) is 15.7 Å². The number of ether oxygens (including phenoxy) is 1. The summed E-state index contributed by atoms with van der Waals surface area (Å²) in [5, 5.41) is 11.5. The number of carbonyl (C=O) groups excluding carboxylic acids is 3. The number of imide groups is 1. The molecular formula is C19H16FN5O4. The molecule has 0 saturated carbocycles. The van der Waals surface area contributed by atoms with Gasteiger partial charge in [-0.2, -0.15) is 5.11 Å². The minimum absolute atomic E-state index is 0.242. The van der Waals surface area contributed by atoms with Crippen molar-refractivity contribution < 1.29 is 23.5 Å². The molecule has 0 aromatic heterocycles. The third kappa shape index (κ3) is 3.40. The van der Waals surface area contributed by atoms with Crippen molar-refractivity contribution in [1.82, 2.24) is 5.01 Å². The molecule has 0 aliphatic carbocycles. The number of nitrogens with one attached hydrogen (secondary N) is 1. The summed E-state index contributed by atoms with van der Waals surface area (Å²) in [5.74, 6) is -1.46. The Hall–Kier alpha value is -3.82. The van der Waals surface area contributed by atoms with E-state index in [1.54, 1.807) is 24.3 Å². The molecule has 4 rings (SSSR count). The number of methoxy groups -OCH3 is 1. The van der Waals surface area contributed by atoms with E-state index in [1.807, 2.05) is 0 Å². The normalized spacial score (nSPS) is 20.2. The van der Waals surface area contributed by atoms with Crippen LogP contribution in [0, 0.1) is 5.82 Å². The van der Waals surface area contributed by atoms with E-state index < -0.39 is 35.6 Å². The van der Waals surface area contributed by atoms with Gasteiger partial charge < -0.3 is 10.1 Å². The summed E-state index contributed by atoms with van der Waals surface area (Å²) >= 11 is 0. The molecule has 0 spiro atoms. The van der Waals surface area contributed by atoms with E-state index in [0.29, 0.717) is 11.4 Å². The maximum atomic E-state index is 13.1. The molecule has 0 radical (unpaired) electrons. The molecule has 2 heterocycles. The number of rotatable bonds is 5. The summed E-state index contributed by atoms with van der Waals surface area (Å²) in [4.78, 5) is 38.7. The van der Waals surface area contributed by atoms with Crippen LogP contribution in [-0.2, 0) is 14.4 Å². The first-order valence-corrected chi connectivity index (χ1v) is 8.72. The van der Waals surface area contributed by atoms with Gasteiger partial charge in [-0.15, -0.1) is 0 Å². The number of nitrogens with zero attached hydrogens (tertiary/aromatic N) is 4. The molecule has 29 heavy (non-hydrogen) atoms. The number of carbonyl (C=O) groups is 3. The van der Waals surface area contributed by atoms with Gasteiger partial charge in [0.1, 0.15) is 18.1 Å². The van der Waals surface area contributed by atoms with Crippen molar-refractivity contribution in [2.24, 2.45) is 10.3 Å². The van der Waals surface area contributed by atoms with Crippen LogP contribution in [0.2, 0.25) is 0 Å². The third-order valence-corrected chi connectivity index (χ3v) is 4.60. The van der Waals surface area contributed by atoms with Crippen LogP contribution in [0.4, 0.5) is 15.8 Å². The summed E-state index contributed by atoms with van der Waals surface area (Å²) in [6.07, 6.45) is 0. The number of benzene rings is 2. The molecule has 1 fully saturated rings. The average molecular weight is 397 g/mol. The van der Waals surface area contributed by atoms with Crippen LogP contribution in [0.5, 0.6) is 5.75 Å². The van der Waals surface area contributed by atoms with Crippen LogP contribution in [0.15, 0.2) is 58.9 Å². The predicted octanol–water partition coefficient (Wildman–Crippen LogP) is 1.77. The lowest BCUT2D eigenvalue weighted by Gasteiger charge is -2.20. The zero-order valence-corrected chi connectivity index (χ0v) is 15.3. The lowest BCUT2D eigenvalue weighted by atomic mass is 10.1. The highest BCUT2D eigenvalue weighted by atomic mass is 19.1. The summed E-state index contributed by atoms with van der Waals surface area (Å²) in [5.41, 5.74) is 0.760. The molecule has 9 nitrogen and oxygen atoms in total. The van der Waals surface area contributed by atoms with Gasteiger partial charge in [0.25, 0.3) is 11.8 Å². The second kappa shape index (κ2) is 7.30. The van der Waals surface area contributed by atoms with Crippen LogP contribution in [-0.4, -0.2) is 48.5 Å². The Kier molecular flexibility index (Phi) is 4.67. The second-order valence-electron chi connectivity index (χ2n) is 6.46. The number of hydrogen-bond acceptors (Lipinski definition) is 7. The number of amides is 3. The van der Waals surface area contributed by atoms with E-state index >= 15 is 0 Å². The third-order valence-electron chi connectivity index (χ3n) is 4.60. The van der Waals surface area contributed by atoms with E-state index in [4.69, 9.17) is 4.74 Å². The van der Waals surface area contributed by atoms with Gasteiger partial charge in [0.15, 0.2) is 12.1 Å². The summed E-state index contributed by atoms with van der Waals surface area (Å²) in [6, 6.07) is 9.74. The standard InChI is InChI=1S/C19H16FN5O4/c1-29-14-4-2-3-12(9-14)21-15(26)10-24-17-16(22-23-24)18(27)25(19(17)28)13-7-5-11(20)6-8-13/h2-9,16-17H,10H2,1H3,(H,21,26). The van der Waals surface area contributed by atoms with Crippen molar-refractivity contribution in [1.29, 1.82) is 0 Å². The first-order valence-electron chi connectivity index (χ1n) is 8.72. The molecule has 2 aliphatic rings. The monoisotopic (exact) mass is 397 g/mol. The van der Waals surface area contributed by atoms with E-state index in [1.165, 1.54) is 24.3 Å². The largest absolute Gasteiger partial charge is 0.497 e. The number of hydrogen-bond donors (Lipinski definition) is 1. The maximum Gasteiger partial charge on any atom is 0.263 e. The van der Waals surface area contributed by atoms with Gasteiger partial charge in [-0.05, 0) is 36.4 Å². The molecule has 2 atom stereocenters. The lowest BCUT2D eigenvalue weighted by molar-refractivity contribution is -0.123. The number of anilines is 2. The van der Waals surface area contributed by atoms with Crippen molar-refractivity contribution in [2.75, 3.05) is 23.9 Å². The van der Waals surface area contributed by atoms with Gasteiger partial charge in [0, 0.05) is 11.8 Å². The van der Waals surface area contributed by atoms with Gasteiger partial charge in [-0.1, -0.05) is 11.3 Å².